The summed E-state index contributed by atoms with van der Waals surface area (Å²) in [4.78, 5) is 20.0. The molecule has 2 heterocycles. The van der Waals surface area contributed by atoms with Crippen LogP contribution in [0, 0.1) is 6.92 Å². The molecule has 0 fully saturated rings. The van der Waals surface area contributed by atoms with E-state index in [1.807, 2.05) is 23.8 Å². The summed E-state index contributed by atoms with van der Waals surface area (Å²) in [5, 5.41) is 2.75. The summed E-state index contributed by atoms with van der Waals surface area (Å²) in [7, 11) is 0. The Morgan fingerprint density at radius 3 is 2.79 bits per heavy atom. The number of amides is 1. The minimum Gasteiger partial charge on any atom is -0.327 e. The number of pyridine rings is 1. The molecule has 1 atom stereocenters. The second-order valence-corrected chi connectivity index (χ2v) is 4.48. The molecule has 2 aromatic heterocycles. The molecule has 0 saturated carbocycles. The van der Waals surface area contributed by atoms with Crippen LogP contribution in [0.5, 0.6) is 0 Å². The van der Waals surface area contributed by atoms with Gasteiger partial charge in [0.05, 0.1) is 11.9 Å². The van der Waals surface area contributed by atoms with Gasteiger partial charge in [0.25, 0.3) is 0 Å². The number of rotatable bonds is 4. The van der Waals surface area contributed by atoms with Crippen LogP contribution in [0.15, 0.2) is 30.7 Å². The lowest BCUT2D eigenvalue weighted by Crippen LogP contribution is -2.24. The van der Waals surface area contributed by atoms with Crippen molar-refractivity contribution in [3.05, 3.63) is 36.5 Å². The maximum atomic E-state index is 11.6. The number of hydrogen-bond donors (Lipinski definition) is 2. The molecule has 0 radical (unpaired) electrons. The van der Waals surface area contributed by atoms with E-state index in [9.17, 15) is 4.79 Å². The van der Waals surface area contributed by atoms with Gasteiger partial charge in [0.2, 0.25) is 5.91 Å². The predicted octanol–water partition coefficient (Wildman–Crippen LogP) is 1.25. The van der Waals surface area contributed by atoms with Crippen LogP contribution in [0.1, 0.15) is 19.2 Å². The average molecular weight is 259 g/mol. The summed E-state index contributed by atoms with van der Waals surface area (Å²) in [6.07, 6.45) is 5.47. The Morgan fingerprint density at radius 2 is 2.26 bits per heavy atom. The Bertz CT molecular complexity index is 559. The Labute approximate surface area is 111 Å². The first kappa shape index (κ1) is 13.2. The van der Waals surface area contributed by atoms with E-state index in [4.69, 9.17) is 5.73 Å². The number of carbonyl (C=O) groups is 1. The highest BCUT2D eigenvalue weighted by atomic mass is 16.1. The van der Waals surface area contributed by atoms with Crippen molar-refractivity contribution in [1.29, 1.82) is 0 Å². The molecule has 3 N–H and O–H groups in total. The van der Waals surface area contributed by atoms with Crippen LogP contribution in [-0.2, 0) is 4.79 Å². The van der Waals surface area contributed by atoms with E-state index in [1.165, 1.54) is 0 Å². The fourth-order valence-electron chi connectivity index (χ4n) is 1.73. The van der Waals surface area contributed by atoms with E-state index in [1.54, 1.807) is 25.4 Å². The van der Waals surface area contributed by atoms with Gasteiger partial charge in [-0.1, -0.05) is 0 Å². The van der Waals surface area contributed by atoms with Crippen LogP contribution in [-0.4, -0.2) is 26.5 Å². The lowest BCUT2D eigenvalue weighted by Gasteiger charge is -2.08. The van der Waals surface area contributed by atoms with E-state index in [2.05, 4.69) is 15.3 Å². The number of hydrogen-bond acceptors (Lipinski definition) is 4. The molecule has 0 aliphatic rings. The zero-order valence-corrected chi connectivity index (χ0v) is 11.0. The van der Waals surface area contributed by atoms with Crippen molar-refractivity contribution in [1.82, 2.24) is 14.5 Å². The highest BCUT2D eigenvalue weighted by Crippen LogP contribution is 2.11. The normalized spacial score (nSPS) is 12.2. The molecule has 0 aliphatic heterocycles. The van der Waals surface area contributed by atoms with Crippen LogP contribution in [0.4, 0.5) is 5.69 Å². The van der Waals surface area contributed by atoms with E-state index in [0.717, 1.165) is 11.6 Å². The Kier molecular flexibility index (Phi) is 3.91. The first-order valence-corrected chi connectivity index (χ1v) is 6.08. The van der Waals surface area contributed by atoms with Crippen molar-refractivity contribution in [2.45, 2.75) is 26.3 Å². The van der Waals surface area contributed by atoms with E-state index >= 15 is 0 Å². The van der Waals surface area contributed by atoms with Crippen LogP contribution in [0.25, 0.3) is 5.82 Å². The van der Waals surface area contributed by atoms with Crippen LogP contribution in [0.2, 0.25) is 0 Å². The van der Waals surface area contributed by atoms with Crippen molar-refractivity contribution in [2.75, 3.05) is 5.32 Å². The number of aryl methyl sites for hydroxylation is 1. The molecule has 1 unspecified atom stereocenters. The molecule has 0 spiro atoms. The summed E-state index contributed by atoms with van der Waals surface area (Å²) in [6.45, 7) is 3.70. The van der Waals surface area contributed by atoms with Crippen molar-refractivity contribution in [3.63, 3.8) is 0 Å². The lowest BCUT2D eigenvalue weighted by molar-refractivity contribution is -0.116. The Balaban J connectivity index is 2.07. The van der Waals surface area contributed by atoms with Crippen LogP contribution >= 0.6 is 0 Å². The van der Waals surface area contributed by atoms with Crippen molar-refractivity contribution < 1.29 is 4.79 Å². The van der Waals surface area contributed by atoms with Gasteiger partial charge < -0.3 is 11.1 Å². The highest BCUT2D eigenvalue weighted by Gasteiger charge is 2.06. The van der Waals surface area contributed by atoms with Crippen molar-refractivity contribution in [2.24, 2.45) is 5.73 Å². The Morgan fingerprint density at radius 1 is 1.47 bits per heavy atom. The predicted molar refractivity (Wildman–Crippen MR) is 73.0 cm³/mol. The molecule has 19 heavy (non-hydrogen) atoms. The molecule has 1 amide bonds. The molecule has 2 aromatic rings. The van der Waals surface area contributed by atoms with E-state index < -0.39 is 0 Å². The summed E-state index contributed by atoms with van der Waals surface area (Å²) in [6, 6.07) is 3.48. The second kappa shape index (κ2) is 5.62. The molecular formula is C13H17N5O. The molecule has 2 rings (SSSR count). The van der Waals surface area contributed by atoms with Gasteiger partial charge in [-0.15, -0.1) is 0 Å². The summed E-state index contributed by atoms with van der Waals surface area (Å²) in [5.74, 6) is 1.52. The first-order chi connectivity index (χ1) is 9.06. The van der Waals surface area contributed by atoms with Gasteiger partial charge in [-0.3, -0.25) is 9.36 Å². The molecule has 0 bridgehead atoms. The highest BCUT2D eigenvalue weighted by molar-refractivity contribution is 5.90. The molecular weight excluding hydrogens is 242 g/mol. The number of carbonyl (C=O) groups excluding carboxylic acids is 1. The lowest BCUT2D eigenvalue weighted by atomic mass is 10.2. The van der Waals surface area contributed by atoms with Gasteiger partial charge in [0, 0.05) is 24.9 Å². The smallest absolute Gasteiger partial charge is 0.225 e. The van der Waals surface area contributed by atoms with Gasteiger partial charge in [-0.05, 0) is 26.0 Å². The maximum Gasteiger partial charge on any atom is 0.225 e. The minimum atomic E-state index is -0.152. The number of nitrogens with two attached hydrogens (primary N) is 1. The quantitative estimate of drug-likeness (QED) is 0.865. The fraction of sp³-hybridized carbons (Fsp3) is 0.308. The largest absolute Gasteiger partial charge is 0.327 e. The van der Waals surface area contributed by atoms with Gasteiger partial charge >= 0.3 is 0 Å². The second-order valence-electron chi connectivity index (χ2n) is 4.48. The Hall–Kier alpha value is -2.21. The van der Waals surface area contributed by atoms with Crippen LogP contribution in [0.3, 0.4) is 0 Å². The van der Waals surface area contributed by atoms with Crippen LogP contribution < -0.4 is 11.1 Å². The minimum absolute atomic E-state index is 0.108. The topological polar surface area (TPSA) is 85.8 Å². The van der Waals surface area contributed by atoms with Crippen molar-refractivity contribution >= 4 is 11.6 Å². The third-order valence-electron chi connectivity index (χ3n) is 2.61. The number of nitrogens with zero attached hydrogens (tertiary/aromatic N) is 3. The SMILES string of the molecule is Cc1nccn1-c1ccc(NC(=O)CC(C)N)cn1. The number of nitrogens with one attached hydrogen (secondary N) is 1. The number of aromatic nitrogens is 3. The number of anilines is 1. The maximum absolute atomic E-state index is 11.6. The molecule has 0 aliphatic carbocycles. The van der Waals surface area contributed by atoms with Crippen molar-refractivity contribution in [3.8, 4) is 5.82 Å². The van der Waals surface area contributed by atoms with Gasteiger partial charge in [0.15, 0.2) is 0 Å². The van der Waals surface area contributed by atoms with E-state index in [0.29, 0.717) is 12.1 Å². The van der Waals surface area contributed by atoms with Gasteiger partial charge in [0.1, 0.15) is 11.6 Å². The average Bonchev–Trinajstić information content (AvgIpc) is 2.75. The zero-order chi connectivity index (χ0) is 13.8. The zero-order valence-electron chi connectivity index (χ0n) is 11.0. The standard InChI is InChI=1S/C13H17N5O/c1-9(14)7-13(19)17-11-3-4-12(16-8-11)18-6-5-15-10(18)2/h3-6,8-9H,7,14H2,1-2H3,(H,17,19). The van der Waals surface area contributed by atoms with Gasteiger partial charge in [-0.25, -0.2) is 9.97 Å². The van der Waals surface area contributed by atoms with Gasteiger partial charge in [-0.2, -0.15) is 0 Å². The first-order valence-electron chi connectivity index (χ1n) is 6.08. The number of imidazole rings is 1. The summed E-state index contributed by atoms with van der Waals surface area (Å²) < 4.78 is 1.87. The fourth-order valence-corrected chi connectivity index (χ4v) is 1.73. The summed E-state index contributed by atoms with van der Waals surface area (Å²) in [5.41, 5.74) is 6.22. The third-order valence-corrected chi connectivity index (χ3v) is 2.61. The summed E-state index contributed by atoms with van der Waals surface area (Å²) >= 11 is 0. The molecule has 6 nitrogen and oxygen atoms in total. The molecule has 0 saturated heterocycles. The molecule has 0 aromatic carbocycles. The third kappa shape index (κ3) is 3.38. The molecule has 6 heteroatoms. The monoisotopic (exact) mass is 259 g/mol. The van der Waals surface area contributed by atoms with E-state index in [-0.39, 0.29) is 11.9 Å². The molecule has 100 valence electrons.